The van der Waals surface area contributed by atoms with Crippen molar-refractivity contribution in [1.82, 2.24) is 0 Å². The van der Waals surface area contributed by atoms with Gasteiger partial charge in [-0.05, 0) is 35.9 Å². The van der Waals surface area contributed by atoms with Crippen LogP contribution in [-0.4, -0.2) is 5.11 Å². The molecule has 4 heteroatoms. The predicted molar refractivity (Wildman–Crippen MR) is 70.8 cm³/mol. The molecule has 0 aliphatic carbocycles. The van der Waals surface area contributed by atoms with E-state index >= 15 is 0 Å². The molecule has 0 saturated heterocycles. The Balaban J connectivity index is 1.92. The van der Waals surface area contributed by atoms with Gasteiger partial charge in [-0.2, -0.15) is 0 Å². The van der Waals surface area contributed by atoms with Crippen LogP contribution in [0, 0.1) is 5.82 Å². The fourth-order valence-corrected chi connectivity index (χ4v) is 2.43. The minimum Gasteiger partial charge on any atom is -0.485 e. The van der Waals surface area contributed by atoms with Gasteiger partial charge in [-0.3, -0.25) is 0 Å². The molecule has 1 aliphatic rings. The minimum atomic E-state index is -0.722. The van der Waals surface area contributed by atoms with Gasteiger partial charge in [-0.1, -0.05) is 23.7 Å². The van der Waals surface area contributed by atoms with Crippen molar-refractivity contribution in [3.8, 4) is 5.75 Å². The molecule has 1 N–H and O–H groups in total. The van der Waals surface area contributed by atoms with Gasteiger partial charge in [0.05, 0.1) is 6.10 Å². The molecule has 0 amide bonds. The highest BCUT2D eigenvalue weighted by Crippen LogP contribution is 2.41. The Morgan fingerprint density at radius 1 is 1.16 bits per heavy atom. The summed E-state index contributed by atoms with van der Waals surface area (Å²) in [6.45, 7) is 0. The normalized spacial score (nSPS) is 21.6. The number of ether oxygens (including phenoxy) is 1. The van der Waals surface area contributed by atoms with Gasteiger partial charge in [-0.15, -0.1) is 0 Å². The smallest absolute Gasteiger partial charge is 0.127 e. The van der Waals surface area contributed by atoms with Crippen LogP contribution in [-0.2, 0) is 0 Å². The van der Waals surface area contributed by atoms with Crippen molar-refractivity contribution in [3.63, 3.8) is 0 Å². The highest BCUT2D eigenvalue weighted by molar-refractivity contribution is 6.30. The molecule has 2 nitrogen and oxygen atoms in total. The summed E-state index contributed by atoms with van der Waals surface area (Å²) >= 11 is 5.85. The summed E-state index contributed by atoms with van der Waals surface area (Å²) in [4.78, 5) is 0. The first kappa shape index (κ1) is 12.5. The van der Waals surface area contributed by atoms with Gasteiger partial charge < -0.3 is 9.84 Å². The molecule has 0 bridgehead atoms. The Hall–Kier alpha value is -1.58. The van der Waals surface area contributed by atoms with E-state index in [9.17, 15) is 9.50 Å². The summed E-state index contributed by atoms with van der Waals surface area (Å²) in [5.41, 5.74) is 1.45. The Labute approximate surface area is 115 Å². The van der Waals surface area contributed by atoms with Gasteiger partial charge >= 0.3 is 0 Å². The lowest BCUT2D eigenvalue weighted by Crippen LogP contribution is -2.19. The van der Waals surface area contributed by atoms with Gasteiger partial charge in [-0.25, -0.2) is 4.39 Å². The van der Waals surface area contributed by atoms with Gasteiger partial charge in [0.2, 0.25) is 0 Å². The maximum absolute atomic E-state index is 13.2. The lowest BCUT2D eigenvalue weighted by Gasteiger charge is -2.30. The van der Waals surface area contributed by atoms with Crippen molar-refractivity contribution < 1.29 is 14.2 Å². The summed E-state index contributed by atoms with van der Waals surface area (Å²) in [6.07, 6.45) is -0.566. The van der Waals surface area contributed by atoms with Gasteiger partial charge in [0.25, 0.3) is 0 Å². The number of halogens is 2. The number of benzene rings is 2. The summed E-state index contributed by atoms with van der Waals surface area (Å²) in [6, 6.07) is 11.5. The van der Waals surface area contributed by atoms with Crippen LogP contribution in [0.5, 0.6) is 5.75 Å². The lowest BCUT2D eigenvalue weighted by molar-refractivity contribution is 0.0653. The van der Waals surface area contributed by atoms with E-state index in [1.165, 1.54) is 12.1 Å². The van der Waals surface area contributed by atoms with E-state index < -0.39 is 6.10 Å². The number of aliphatic hydroxyl groups is 1. The predicted octanol–water partition coefficient (Wildman–Crippen LogP) is 4.04. The first-order chi connectivity index (χ1) is 9.13. The van der Waals surface area contributed by atoms with Crippen molar-refractivity contribution in [2.24, 2.45) is 0 Å². The molecular formula is C15H12ClFO2. The summed E-state index contributed by atoms with van der Waals surface area (Å²) < 4.78 is 19.0. The maximum Gasteiger partial charge on any atom is 0.127 e. The van der Waals surface area contributed by atoms with E-state index in [2.05, 4.69) is 0 Å². The average molecular weight is 279 g/mol. The van der Waals surface area contributed by atoms with Crippen molar-refractivity contribution in [1.29, 1.82) is 0 Å². The van der Waals surface area contributed by atoms with Crippen LogP contribution in [0.2, 0.25) is 5.02 Å². The molecule has 2 aromatic carbocycles. The molecule has 1 heterocycles. The van der Waals surface area contributed by atoms with Crippen LogP contribution in [0.1, 0.15) is 29.8 Å². The second kappa shape index (κ2) is 4.83. The molecular weight excluding hydrogens is 267 g/mol. The number of rotatable bonds is 1. The van der Waals surface area contributed by atoms with Crippen LogP contribution in [0.25, 0.3) is 0 Å². The summed E-state index contributed by atoms with van der Waals surface area (Å²) in [7, 11) is 0. The van der Waals surface area contributed by atoms with E-state index in [1.807, 2.05) is 12.1 Å². The van der Waals surface area contributed by atoms with Crippen LogP contribution < -0.4 is 4.74 Å². The fraction of sp³-hybridized carbons (Fsp3) is 0.200. The van der Waals surface area contributed by atoms with Crippen LogP contribution in [0.3, 0.4) is 0 Å². The molecule has 0 fully saturated rings. The third kappa shape index (κ3) is 2.44. The number of fused-ring (bicyclic) bond motifs is 1. The van der Waals surface area contributed by atoms with Gasteiger partial charge in [0, 0.05) is 17.0 Å². The zero-order chi connectivity index (χ0) is 13.4. The minimum absolute atomic E-state index is 0.245. The number of hydrogen-bond donors (Lipinski definition) is 1. The van der Waals surface area contributed by atoms with E-state index in [0.717, 1.165) is 5.56 Å². The molecule has 19 heavy (non-hydrogen) atoms. The van der Waals surface area contributed by atoms with Crippen LogP contribution in [0.15, 0.2) is 42.5 Å². The first-order valence-electron chi connectivity index (χ1n) is 6.03. The van der Waals surface area contributed by atoms with Gasteiger partial charge in [0.15, 0.2) is 0 Å². The van der Waals surface area contributed by atoms with Crippen LogP contribution >= 0.6 is 11.6 Å². The Morgan fingerprint density at radius 2 is 1.89 bits per heavy atom. The van der Waals surface area contributed by atoms with E-state index in [1.54, 1.807) is 18.2 Å². The first-order valence-corrected chi connectivity index (χ1v) is 6.41. The van der Waals surface area contributed by atoms with Crippen molar-refractivity contribution in [2.75, 3.05) is 0 Å². The van der Waals surface area contributed by atoms with Crippen molar-refractivity contribution in [2.45, 2.75) is 18.6 Å². The largest absolute Gasteiger partial charge is 0.485 e. The summed E-state index contributed by atoms with van der Waals surface area (Å²) in [5, 5.41) is 10.8. The molecule has 0 aromatic heterocycles. The SMILES string of the molecule is O[C@@H]1CC(c2ccc(Cl)cc2)Oc2ccc(F)cc21. The van der Waals surface area contributed by atoms with E-state index in [0.29, 0.717) is 22.8 Å². The fourth-order valence-electron chi connectivity index (χ4n) is 2.30. The van der Waals surface area contributed by atoms with Crippen molar-refractivity contribution in [3.05, 3.63) is 64.4 Å². The summed E-state index contributed by atoms with van der Waals surface area (Å²) in [5.74, 6) is 0.159. The molecule has 2 atom stereocenters. The Bertz CT molecular complexity index is 598. The number of hydrogen-bond acceptors (Lipinski definition) is 2. The molecule has 98 valence electrons. The molecule has 0 spiro atoms. The molecule has 1 aliphatic heterocycles. The quantitative estimate of drug-likeness (QED) is 0.853. The second-order valence-electron chi connectivity index (χ2n) is 4.59. The lowest BCUT2D eigenvalue weighted by atomic mass is 9.95. The van der Waals surface area contributed by atoms with Crippen LogP contribution in [0.4, 0.5) is 4.39 Å². The average Bonchev–Trinajstić information content (AvgIpc) is 2.40. The highest BCUT2D eigenvalue weighted by Gasteiger charge is 2.28. The Kier molecular flexibility index (Phi) is 3.17. The third-order valence-electron chi connectivity index (χ3n) is 3.28. The van der Waals surface area contributed by atoms with Gasteiger partial charge in [0.1, 0.15) is 17.7 Å². The topological polar surface area (TPSA) is 29.5 Å². The molecule has 3 rings (SSSR count). The van der Waals surface area contributed by atoms with E-state index in [-0.39, 0.29) is 11.9 Å². The van der Waals surface area contributed by atoms with E-state index in [4.69, 9.17) is 16.3 Å². The molecule has 0 radical (unpaired) electrons. The monoisotopic (exact) mass is 278 g/mol. The Morgan fingerprint density at radius 3 is 2.63 bits per heavy atom. The molecule has 0 saturated carbocycles. The third-order valence-corrected chi connectivity index (χ3v) is 3.53. The second-order valence-corrected chi connectivity index (χ2v) is 5.03. The number of aliphatic hydroxyl groups excluding tert-OH is 1. The zero-order valence-corrected chi connectivity index (χ0v) is 10.8. The maximum atomic E-state index is 13.2. The molecule has 2 aromatic rings. The zero-order valence-electron chi connectivity index (χ0n) is 10.0. The molecule has 1 unspecified atom stereocenters. The van der Waals surface area contributed by atoms with Crippen molar-refractivity contribution >= 4 is 11.6 Å². The highest BCUT2D eigenvalue weighted by atomic mass is 35.5. The standard InChI is InChI=1S/C15H12ClFO2/c16-10-3-1-9(2-4-10)15-8-13(18)12-7-11(17)5-6-14(12)19-15/h1-7,13,15,18H,8H2/t13-,15?/m1/s1.